The molecule has 0 saturated heterocycles. The van der Waals surface area contributed by atoms with E-state index in [-0.39, 0.29) is 46.8 Å². The van der Waals surface area contributed by atoms with Gasteiger partial charge in [-0.3, -0.25) is 14.4 Å². The summed E-state index contributed by atoms with van der Waals surface area (Å²) in [4.78, 5) is 50.7. The number of carbonyl (C=O) groups is 4. The minimum absolute atomic E-state index is 0.00845. The second-order valence-corrected chi connectivity index (χ2v) is 13.3. The van der Waals surface area contributed by atoms with Gasteiger partial charge in [0.2, 0.25) is 5.91 Å². The number of aliphatic hydroxyl groups excluding tert-OH is 1. The highest BCUT2D eigenvalue weighted by Crippen LogP contribution is 2.56. The number of ketones is 2. The van der Waals surface area contributed by atoms with Gasteiger partial charge in [-0.05, 0) is 86.8 Å². The number of benzene rings is 1. The Morgan fingerprint density at radius 2 is 1.96 bits per heavy atom. The van der Waals surface area contributed by atoms with Crippen LogP contribution in [0.5, 0.6) is 0 Å². The van der Waals surface area contributed by atoms with Gasteiger partial charge in [-0.1, -0.05) is 39.3 Å². The topological polar surface area (TPSA) is 156 Å². The molecule has 0 bridgehead atoms. The number of hydrogen-bond acceptors (Lipinski definition) is 8. The average molecular weight is 625 g/mol. The average Bonchev–Trinajstić information content (AvgIpc) is 3.32. The van der Waals surface area contributed by atoms with Crippen molar-refractivity contribution < 1.29 is 38.5 Å². The summed E-state index contributed by atoms with van der Waals surface area (Å²) in [6, 6.07) is 2.93. The lowest BCUT2D eigenvalue weighted by atomic mass is 9.57. The lowest BCUT2D eigenvalue weighted by molar-refractivity contribution is -0.158. The third-order valence-electron chi connectivity index (χ3n) is 10.1. The van der Waals surface area contributed by atoms with Gasteiger partial charge in [0.1, 0.15) is 5.82 Å². The van der Waals surface area contributed by atoms with E-state index in [4.69, 9.17) is 10.5 Å². The van der Waals surface area contributed by atoms with Crippen LogP contribution in [0.25, 0.3) is 6.08 Å². The van der Waals surface area contributed by atoms with Gasteiger partial charge in [0.25, 0.3) is 0 Å². The number of esters is 1. The van der Waals surface area contributed by atoms with E-state index < -0.39 is 59.2 Å². The number of rotatable bonds is 10. The molecule has 3 aliphatic carbocycles. The maximum Gasteiger partial charge on any atom is 0.334 e. The van der Waals surface area contributed by atoms with Gasteiger partial charge >= 0.3 is 5.97 Å². The van der Waals surface area contributed by atoms with E-state index in [9.17, 15) is 33.8 Å². The van der Waals surface area contributed by atoms with Crippen LogP contribution in [0.3, 0.4) is 0 Å². The molecule has 3 aliphatic rings. The molecular weight excluding hydrogens is 579 g/mol. The molecule has 45 heavy (non-hydrogen) atoms. The van der Waals surface area contributed by atoms with Crippen molar-refractivity contribution in [1.29, 1.82) is 0 Å². The maximum atomic E-state index is 14.1. The van der Waals surface area contributed by atoms with Crippen LogP contribution in [-0.4, -0.2) is 58.0 Å². The molecule has 1 aromatic rings. The molecular formula is C35H45FN2O7. The number of carbonyl (C=O) groups excluding carboxylic acids is 4. The summed E-state index contributed by atoms with van der Waals surface area (Å²) in [5, 5.41) is 25.7. The summed E-state index contributed by atoms with van der Waals surface area (Å²) in [6.07, 6.45) is 7.63. The summed E-state index contributed by atoms with van der Waals surface area (Å²) >= 11 is 0. The quantitative estimate of drug-likeness (QED) is 0.222. The zero-order chi connectivity index (χ0) is 33.3. The van der Waals surface area contributed by atoms with Crippen LogP contribution >= 0.6 is 0 Å². The Balaban J connectivity index is 1.42. The van der Waals surface area contributed by atoms with Crippen molar-refractivity contribution in [2.45, 2.75) is 84.5 Å². The van der Waals surface area contributed by atoms with Crippen LogP contribution in [0, 0.1) is 34.9 Å². The Bertz CT molecular complexity index is 1450. The number of aliphatic hydroxyl groups is 2. The summed E-state index contributed by atoms with van der Waals surface area (Å²) < 4.78 is 19.4. The number of halogens is 1. The lowest BCUT2D eigenvalue weighted by Gasteiger charge is -2.50. The van der Waals surface area contributed by atoms with Gasteiger partial charge in [-0.2, -0.15) is 0 Å². The van der Waals surface area contributed by atoms with Crippen molar-refractivity contribution >= 4 is 35.2 Å². The first kappa shape index (κ1) is 34.4. The van der Waals surface area contributed by atoms with E-state index in [0.717, 1.165) is 11.6 Å². The SMILES string of the molecule is CCC1=CC(=O)C=CC1(C)C1CC2CCC(C(=O)COC(=O)/C(C)=C\c3cc(F)ccc3NC(=O)C(N)C(C)C)[C@@]2(O)CC1O. The van der Waals surface area contributed by atoms with E-state index in [1.807, 2.05) is 19.9 Å². The predicted octanol–water partition coefficient (Wildman–Crippen LogP) is 4.27. The fraction of sp³-hybridized carbons (Fsp3) is 0.543. The molecule has 244 valence electrons. The number of nitrogens with one attached hydrogen (secondary N) is 1. The number of anilines is 1. The minimum atomic E-state index is -1.43. The molecule has 0 heterocycles. The molecule has 0 spiro atoms. The molecule has 0 aliphatic heterocycles. The van der Waals surface area contributed by atoms with Gasteiger partial charge < -0.3 is 26.0 Å². The Labute approximate surface area is 263 Å². The third-order valence-corrected chi connectivity index (χ3v) is 10.1. The first-order valence-corrected chi connectivity index (χ1v) is 15.7. The lowest BCUT2D eigenvalue weighted by Crippen LogP contribution is -2.55. The molecule has 6 unspecified atom stereocenters. The van der Waals surface area contributed by atoms with E-state index in [1.165, 1.54) is 31.2 Å². The zero-order valence-corrected chi connectivity index (χ0v) is 26.6. The minimum Gasteiger partial charge on any atom is -0.454 e. The Hall–Kier alpha value is -3.47. The van der Waals surface area contributed by atoms with Gasteiger partial charge in [0.15, 0.2) is 18.2 Å². The van der Waals surface area contributed by atoms with E-state index in [1.54, 1.807) is 19.9 Å². The van der Waals surface area contributed by atoms with Crippen molar-refractivity contribution in [3.8, 4) is 0 Å². The highest BCUT2D eigenvalue weighted by molar-refractivity contribution is 6.01. The molecule has 0 radical (unpaired) electrons. The number of ether oxygens (including phenoxy) is 1. The van der Waals surface area contributed by atoms with Crippen LogP contribution in [-0.2, 0) is 23.9 Å². The molecule has 4 rings (SSSR count). The number of amides is 1. The Morgan fingerprint density at radius 1 is 1.24 bits per heavy atom. The van der Waals surface area contributed by atoms with Crippen LogP contribution in [0.1, 0.15) is 72.3 Å². The van der Waals surface area contributed by atoms with Crippen molar-refractivity contribution in [3.63, 3.8) is 0 Å². The summed E-state index contributed by atoms with van der Waals surface area (Å²) in [6.45, 7) is 8.47. The van der Waals surface area contributed by atoms with Crippen LogP contribution < -0.4 is 11.1 Å². The van der Waals surface area contributed by atoms with Crippen LogP contribution in [0.15, 0.2) is 47.6 Å². The second kappa shape index (κ2) is 13.5. The van der Waals surface area contributed by atoms with Crippen LogP contribution in [0.2, 0.25) is 0 Å². The number of fused-ring (bicyclic) bond motifs is 1. The highest BCUT2D eigenvalue weighted by Gasteiger charge is 2.59. The molecule has 9 nitrogen and oxygen atoms in total. The largest absolute Gasteiger partial charge is 0.454 e. The smallest absolute Gasteiger partial charge is 0.334 e. The number of Topliss-reactive ketones (excluding diaryl/α,β-unsaturated/α-hetero) is 1. The predicted molar refractivity (Wildman–Crippen MR) is 168 cm³/mol. The molecule has 7 atom stereocenters. The van der Waals surface area contributed by atoms with E-state index in [2.05, 4.69) is 5.32 Å². The van der Waals surface area contributed by atoms with Crippen molar-refractivity contribution in [3.05, 3.63) is 59.0 Å². The van der Waals surface area contributed by atoms with Gasteiger partial charge in [0.05, 0.1) is 23.7 Å². The normalized spacial score (nSPS) is 30.5. The second-order valence-electron chi connectivity index (χ2n) is 13.3. The van der Waals surface area contributed by atoms with Gasteiger partial charge in [0, 0.05) is 28.7 Å². The zero-order valence-electron chi connectivity index (χ0n) is 26.6. The van der Waals surface area contributed by atoms with E-state index >= 15 is 0 Å². The van der Waals surface area contributed by atoms with Crippen molar-refractivity contribution in [2.24, 2.45) is 34.8 Å². The molecule has 2 fully saturated rings. The molecule has 0 aromatic heterocycles. The fourth-order valence-corrected chi connectivity index (χ4v) is 7.32. The summed E-state index contributed by atoms with van der Waals surface area (Å²) in [5.74, 6) is -3.73. The van der Waals surface area contributed by atoms with Crippen molar-refractivity contribution in [2.75, 3.05) is 11.9 Å². The molecule has 1 amide bonds. The number of allylic oxidation sites excluding steroid dienone is 4. The molecule has 10 heteroatoms. The maximum absolute atomic E-state index is 14.1. The third kappa shape index (κ3) is 7.03. The monoisotopic (exact) mass is 624 g/mol. The summed E-state index contributed by atoms with van der Waals surface area (Å²) in [5.41, 5.74) is 5.46. The number of hydrogen-bond donors (Lipinski definition) is 4. The highest BCUT2D eigenvalue weighted by atomic mass is 19.1. The number of nitrogens with two attached hydrogens (primary N) is 1. The standard InChI is InChI=1S/C35H45FN2O7/c1-6-22-15-25(39)11-12-34(22,5)27-16-23-7-9-26(35(23,44)17-29(27)40)30(41)18-45-33(43)20(4)13-21-14-24(36)8-10-28(21)38-32(42)31(37)19(2)3/h8,10-15,19,23,26-27,29,31,40,44H,6-7,9,16-18,37H2,1-5H3,(H,38,42)/b20-13-/t23?,26?,27?,29?,31?,34?,35-/m1/s1. The van der Waals surface area contributed by atoms with E-state index in [0.29, 0.717) is 25.7 Å². The Kier molecular flexibility index (Phi) is 10.3. The first-order valence-electron chi connectivity index (χ1n) is 15.7. The molecule has 5 N–H and O–H groups in total. The summed E-state index contributed by atoms with van der Waals surface area (Å²) in [7, 11) is 0. The van der Waals surface area contributed by atoms with Gasteiger partial charge in [-0.15, -0.1) is 0 Å². The first-order chi connectivity index (χ1) is 21.1. The fourth-order valence-electron chi connectivity index (χ4n) is 7.32. The van der Waals surface area contributed by atoms with Gasteiger partial charge in [-0.25, -0.2) is 9.18 Å². The van der Waals surface area contributed by atoms with Crippen LogP contribution in [0.4, 0.5) is 10.1 Å². The van der Waals surface area contributed by atoms with Crippen molar-refractivity contribution in [1.82, 2.24) is 0 Å². The molecule has 2 saturated carbocycles. The Morgan fingerprint density at radius 3 is 2.62 bits per heavy atom. The molecule has 1 aromatic carbocycles.